The normalized spacial score (nSPS) is 11.3. The van der Waals surface area contributed by atoms with Gasteiger partial charge in [0.25, 0.3) is 0 Å². The monoisotopic (exact) mass is 556 g/mol. The van der Waals surface area contributed by atoms with Crippen molar-refractivity contribution in [3.63, 3.8) is 0 Å². The van der Waals surface area contributed by atoms with E-state index < -0.39 is 28.3 Å². The third kappa shape index (κ3) is 6.14. The maximum Gasteiger partial charge on any atom is 0.318 e. The van der Waals surface area contributed by atoms with E-state index in [1.54, 1.807) is 36.4 Å². The number of aromatic nitrogens is 2. The molecule has 0 unspecified atom stereocenters. The molecule has 2 amide bonds. The minimum Gasteiger partial charge on any atom is -0.494 e. The first kappa shape index (κ1) is 27.5. The van der Waals surface area contributed by atoms with Crippen LogP contribution in [-0.2, 0) is 10.0 Å². The summed E-state index contributed by atoms with van der Waals surface area (Å²) in [5, 5.41) is 5.53. The van der Waals surface area contributed by atoms with Gasteiger partial charge in [-0.25, -0.2) is 27.6 Å². The number of urea groups is 1. The Morgan fingerprint density at radius 3 is 2.49 bits per heavy atom. The highest BCUT2D eigenvalue weighted by atomic mass is 32.2. The summed E-state index contributed by atoms with van der Waals surface area (Å²) in [4.78, 5) is 20.5. The number of amides is 2. The van der Waals surface area contributed by atoms with Crippen molar-refractivity contribution in [1.82, 2.24) is 15.3 Å². The van der Waals surface area contributed by atoms with Crippen LogP contribution in [0.2, 0.25) is 0 Å². The van der Waals surface area contributed by atoms with Crippen molar-refractivity contribution in [3.05, 3.63) is 60.4 Å². The van der Waals surface area contributed by atoms with E-state index in [4.69, 9.17) is 10.5 Å². The number of methoxy groups -OCH3 is 1. The zero-order chi connectivity index (χ0) is 28.2. The number of anilines is 3. The molecule has 0 aliphatic rings. The number of benzene rings is 3. The van der Waals surface area contributed by atoms with Crippen LogP contribution in [0, 0.1) is 5.82 Å². The van der Waals surface area contributed by atoms with Gasteiger partial charge >= 0.3 is 6.03 Å². The molecule has 0 aliphatic carbocycles. The van der Waals surface area contributed by atoms with E-state index in [9.17, 15) is 17.6 Å². The lowest BCUT2D eigenvalue weighted by Gasteiger charge is -2.14. The predicted molar refractivity (Wildman–Crippen MR) is 147 cm³/mol. The van der Waals surface area contributed by atoms with Gasteiger partial charge in [0.1, 0.15) is 17.1 Å². The van der Waals surface area contributed by atoms with Crippen molar-refractivity contribution in [1.29, 1.82) is 0 Å². The number of alkyl halides is 1. The first-order valence-corrected chi connectivity index (χ1v) is 13.4. The molecule has 4 rings (SSSR count). The Hall–Kier alpha value is -4.52. The highest BCUT2D eigenvalue weighted by Crippen LogP contribution is 2.37. The van der Waals surface area contributed by atoms with Crippen LogP contribution in [0.3, 0.4) is 0 Å². The summed E-state index contributed by atoms with van der Waals surface area (Å²) in [5.41, 5.74) is 8.06. The van der Waals surface area contributed by atoms with Crippen molar-refractivity contribution in [2.75, 3.05) is 42.4 Å². The number of hydrogen-bond donors (Lipinski definition) is 4. The van der Waals surface area contributed by atoms with E-state index in [2.05, 4.69) is 25.3 Å². The van der Waals surface area contributed by atoms with E-state index in [1.165, 1.54) is 32.4 Å². The van der Waals surface area contributed by atoms with Gasteiger partial charge in [0.2, 0.25) is 10.0 Å². The summed E-state index contributed by atoms with van der Waals surface area (Å²) < 4.78 is 60.0. The number of halogens is 2. The van der Waals surface area contributed by atoms with Gasteiger partial charge in [-0.1, -0.05) is 12.1 Å². The first-order chi connectivity index (χ1) is 18.7. The Bertz CT molecular complexity index is 1630. The van der Waals surface area contributed by atoms with Gasteiger partial charge in [-0.3, -0.25) is 9.11 Å². The Balaban J connectivity index is 1.73. The quantitative estimate of drug-likeness (QED) is 0.236. The summed E-state index contributed by atoms with van der Waals surface area (Å²) in [6.07, 6.45) is -0.198. The molecule has 13 heteroatoms. The van der Waals surface area contributed by atoms with Crippen LogP contribution in [0.5, 0.6) is 5.75 Å². The van der Waals surface area contributed by atoms with E-state index >= 15 is 4.39 Å². The second kappa shape index (κ2) is 11.5. The number of sulfonamides is 1. The molecule has 1 aromatic heterocycles. The Kier molecular flexibility index (Phi) is 8.10. The van der Waals surface area contributed by atoms with Gasteiger partial charge < -0.3 is 21.1 Å². The van der Waals surface area contributed by atoms with E-state index in [0.717, 1.165) is 0 Å². The summed E-state index contributed by atoms with van der Waals surface area (Å²) in [6.45, 7) is -0.800. The highest BCUT2D eigenvalue weighted by molar-refractivity contribution is 7.92. The molecule has 204 valence electrons. The van der Waals surface area contributed by atoms with Crippen LogP contribution < -0.4 is 25.8 Å². The third-order valence-corrected chi connectivity index (χ3v) is 7.12. The van der Waals surface area contributed by atoms with Crippen molar-refractivity contribution >= 4 is 44.1 Å². The fourth-order valence-electron chi connectivity index (χ4n) is 3.86. The minimum absolute atomic E-state index is 0.0866. The average Bonchev–Trinajstić information content (AvgIpc) is 2.93. The Labute approximate surface area is 223 Å². The zero-order valence-electron chi connectivity index (χ0n) is 21.1. The Morgan fingerprint density at radius 1 is 1.08 bits per heavy atom. The van der Waals surface area contributed by atoms with Crippen LogP contribution in [0.1, 0.15) is 6.42 Å². The van der Waals surface area contributed by atoms with Gasteiger partial charge in [-0.2, -0.15) is 0 Å². The van der Waals surface area contributed by atoms with Crippen LogP contribution in [-0.4, -0.2) is 51.0 Å². The number of ether oxygens (including phenoxy) is 1. The number of nitrogens with zero attached hydrogens (tertiary/aromatic N) is 2. The van der Waals surface area contributed by atoms with Gasteiger partial charge in [-0.05, 0) is 54.4 Å². The topological polar surface area (TPSA) is 148 Å². The molecule has 4 aromatic rings. The molecule has 0 saturated heterocycles. The fourth-order valence-corrected chi connectivity index (χ4v) is 4.94. The lowest BCUT2D eigenvalue weighted by atomic mass is 10.0. The lowest BCUT2D eigenvalue weighted by Crippen LogP contribution is -2.24. The van der Waals surface area contributed by atoms with Crippen LogP contribution in [0.15, 0.2) is 54.6 Å². The molecule has 0 fully saturated rings. The number of fused-ring (bicyclic) bond motifs is 1. The molecule has 3 aromatic carbocycles. The number of rotatable bonds is 9. The summed E-state index contributed by atoms with van der Waals surface area (Å²) in [6, 6.07) is 13.9. The van der Waals surface area contributed by atoms with Crippen LogP contribution >= 0.6 is 0 Å². The molecule has 0 spiro atoms. The van der Waals surface area contributed by atoms with Crippen molar-refractivity contribution in [3.8, 4) is 28.3 Å². The summed E-state index contributed by atoms with van der Waals surface area (Å²) >= 11 is 0. The molecular weight excluding hydrogens is 530 g/mol. The number of nitrogens with two attached hydrogens (primary N) is 1. The molecule has 0 aliphatic heterocycles. The maximum absolute atomic E-state index is 15.4. The molecule has 0 saturated carbocycles. The highest BCUT2D eigenvalue weighted by Gasteiger charge is 2.19. The molecule has 10 nitrogen and oxygen atoms in total. The number of hydrogen-bond acceptors (Lipinski definition) is 7. The number of carbonyl (C=O) groups is 1. The molecule has 1 heterocycles. The van der Waals surface area contributed by atoms with Gasteiger partial charge in [0, 0.05) is 29.2 Å². The van der Waals surface area contributed by atoms with Crippen LogP contribution in [0.25, 0.3) is 33.4 Å². The molecule has 39 heavy (non-hydrogen) atoms. The van der Waals surface area contributed by atoms with Crippen LogP contribution in [0.4, 0.5) is 30.8 Å². The smallest absolute Gasteiger partial charge is 0.318 e. The Morgan fingerprint density at radius 2 is 1.82 bits per heavy atom. The second-order valence-electron chi connectivity index (χ2n) is 8.42. The first-order valence-electron chi connectivity index (χ1n) is 11.8. The number of nitrogens with one attached hydrogen (secondary N) is 3. The molecule has 0 atom stereocenters. The predicted octanol–water partition coefficient (Wildman–Crippen LogP) is 4.55. The number of nitrogen functional groups attached to an aromatic ring is 1. The van der Waals surface area contributed by atoms with E-state index in [1.807, 2.05) is 0 Å². The molecule has 0 radical (unpaired) electrons. The molecular formula is C26H26F2N6O4S. The average molecular weight is 557 g/mol. The second-order valence-corrected chi connectivity index (χ2v) is 10.3. The molecule has 0 bridgehead atoms. The standard InChI is InChI=1S/C26H26F2N6O4S/c1-30-26(35)31-17-9-7-15(8-10-17)25-32-23-19(24(29)33-25)13-16(14-21(23)38-2)18-5-3-6-20(22(18)28)34-39(36,37)12-4-11-27/h3,5-10,13-14,34H,4,11-12H2,1-2H3,(H2,29,32,33)(H2,30,31,35). The van der Waals surface area contributed by atoms with Crippen molar-refractivity contribution < 1.29 is 26.7 Å². The fraction of sp³-hybridized carbons (Fsp3) is 0.192. The largest absolute Gasteiger partial charge is 0.494 e. The zero-order valence-corrected chi connectivity index (χ0v) is 21.9. The van der Waals surface area contributed by atoms with Crippen molar-refractivity contribution in [2.45, 2.75) is 6.42 Å². The summed E-state index contributed by atoms with van der Waals surface area (Å²) in [5.74, 6) is -0.562. The summed E-state index contributed by atoms with van der Waals surface area (Å²) in [7, 11) is -0.988. The van der Waals surface area contributed by atoms with E-state index in [0.29, 0.717) is 39.3 Å². The van der Waals surface area contributed by atoms with Crippen molar-refractivity contribution in [2.24, 2.45) is 0 Å². The molecule has 5 N–H and O–H groups in total. The minimum atomic E-state index is -3.93. The SMILES string of the molecule is CNC(=O)Nc1ccc(-c2nc(N)c3cc(-c4cccc(NS(=O)(=O)CCCF)c4F)cc(OC)c3n2)cc1. The van der Waals surface area contributed by atoms with Gasteiger partial charge in [-0.15, -0.1) is 0 Å². The number of carbonyl (C=O) groups excluding carboxylic acids is 1. The lowest BCUT2D eigenvalue weighted by molar-refractivity contribution is 0.254. The van der Waals surface area contributed by atoms with Gasteiger partial charge in [0.15, 0.2) is 11.6 Å². The van der Waals surface area contributed by atoms with E-state index in [-0.39, 0.29) is 29.5 Å². The van der Waals surface area contributed by atoms with Gasteiger partial charge in [0.05, 0.1) is 25.2 Å². The third-order valence-electron chi connectivity index (χ3n) is 5.76. The maximum atomic E-state index is 15.4.